The number of hydrogen-bond acceptors (Lipinski definition) is 2. The predicted octanol–water partition coefficient (Wildman–Crippen LogP) is 2.76. The van der Waals surface area contributed by atoms with Gasteiger partial charge in [-0.2, -0.15) is 8.78 Å². The first kappa shape index (κ1) is 13.1. The van der Waals surface area contributed by atoms with Crippen LogP contribution in [0, 0.1) is 23.3 Å². The number of hydrogen-bond donors (Lipinski definition) is 1. The lowest BCUT2D eigenvalue weighted by atomic mass is 10.3. The van der Waals surface area contributed by atoms with Crippen LogP contribution < -0.4 is 10.1 Å². The van der Waals surface area contributed by atoms with Crippen molar-refractivity contribution in [2.24, 2.45) is 0 Å². The Balaban J connectivity index is 1.87. The van der Waals surface area contributed by atoms with Crippen LogP contribution in [0.5, 0.6) is 5.75 Å². The van der Waals surface area contributed by atoms with Crippen LogP contribution in [-0.2, 0) is 0 Å². The SMILES string of the molecule is Fc1cc(F)c(F)c(OCCCNC2CC2)c1F. The summed E-state index contributed by atoms with van der Waals surface area (Å²) in [6.45, 7) is 0.641. The van der Waals surface area contributed by atoms with Gasteiger partial charge in [-0.15, -0.1) is 0 Å². The van der Waals surface area contributed by atoms with E-state index in [1.807, 2.05) is 0 Å². The van der Waals surface area contributed by atoms with Gasteiger partial charge in [-0.25, -0.2) is 8.78 Å². The Morgan fingerprint density at radius 2 is 1.72 bits per heavy atom. The third-order valence-corrected chi connectivity index (χ3v) is 2.65. The van der Waals surface area contributed by atoms with Crippen LogP contribution in [0.3, 0.4) is 0 Å². The maximum absolute atomic E-state index is 13.2. The lowest BCUT2D eigenvalue weighted by Crippen LogP contribution is -2.19. The molecule has 1 aliphatic rings. The van der Waals surface area contributed by atoms with Crippen LogP contribution in [0.1, 0.15) is 19.3 Å². The van der Waals surface area contributed by atoms with Crippen molar-refractivity contribution < 1.29 is 22.3 Å². The van der Waals surface area contributed by atoms with Crippen LogP contribution >= 0.6 is 0 Å². The summed E-state index contributed by atoms with van der Waals surface area (Å²) >= 11 is 0. The Morgan fingerprint density at radius 1 is 1.11 bits per heavy atom. The van der Waals surface area contributed by atoms with Crippen LogP contribution in [0.15, 0.2) is 6.07 Å². The quantitative estimate of drug-likeness (QED) is 0.484. The summed E-state index contributed by atoms with van der Waals surface area (Å²) in [6.07, 6.45) is 2.78. The zero-order chi connectivity index (χ0) is 13.1. The van der Waals surface area contributed by atoms with Gasteiger partial charge in [0, 0.05) is 12.1 Å². The number of rotatable bonds is 6. The van der Waals surface area contributed by atoms with E-state index in [-0.39, 0.29) is 12.7 Å². The number of ether oxygens (including phenoxy) is 1. The fraction of sp³-hybridized carbons (Fsp3) is 0.500. The Bertz CT molecular complexity index is 408. The lowest BCUT2D eigenvalue weighted by molar-refractivity contribution is 0.266. The molecular formula is C12H13F4NO. The Labute approximate surface area is 102 Å². The number of halogens is 4. The van der Waals surface area contributed by atoms with Gasteiger partial charge in [-0.05, 0) is 25.8 Å². The highest BCUT2D eigenvalue weighted by atomic mass is 19.2. The maximum atomic E-state index is 13.2. The number of nitrogens with one attached hydrogen (secondary N) is 1. The molecule has 0 heterocycles. The average Bonchev–Trinajstić information content (AvgIpc) is 3.14. The molecule has 1 saturated carbocycles. The molecule has 1 aromatic rings. The first-order valence-corrected chi connectivity index (χ1v) is 5.78. The summed E-state index contributed by atoms with van der Waals surface area (Å²) in [4.78, 5) is 0. The molecular weight excluding hydrogens is 250 g/mol. The molecule has 0 aromatic heterocycles. The van der Waals surface area contributed by atoms with Gasteiger partial charge < -0.3 is 10.1 Å². The Hall–Kier alpha value is -1.30. The van der Waals surface area contributed by atoms with Crippen LogP contribution in [-0.4, -0.2) is 19.2 Å². The molecule has 1 aromatic carbocycles. The molecule has 0 spiro atoms. The molecule has 0 bridgehead atoms. The minimum absolute atomic E-state index is 0.00352. The highest BCUT2D eigenvalue weighted by molar-refractivity contribution is 5.28. The van der Waals surface area contributed by atoms with Crippen molar-refractivity contribution in [1.29, 1.82) is 0 Å². The topological polar surface area (TPSA) is 21.3 Å². The second-order valence-corrected chi connectivity index (χ2v) is 4.23. The van der Waals surface area contributed by atoms with Crippen molar-refractivity contribution >= 4 is 0 Å². The molecule has 0 atom stereocenters. The Morgan fingerprint density at radius 3 is 2.28 bits per heavy atom. The molecule has 0 aliphatic heterocycles. The normalized spacial score (nSPS) is 14.9. The number of benzene rings is 1. The van der Waals surface area contributed by atoms with Gasteiger partial charge in [-0.1, -0.05) is 0 Å². The highest BCUT2D eigenvalue weighted by Gasteiger charge is 2.21. The highest BCUT2D eigenvalue weighted by Crippen LogP contribution is 2.26. The lowest BCUT2D eigenvalue weighted by Gasteiger charge is -2.09. The van der Waals surface area contributed by atoms with Crippen LogP contribution in [0.25, 0.3) is 0 Å². The molecule has 1 fully saturated rings. The van der Waals surface area contributed by atoms with E-state index in [1.54, 1.807) is 0 Å². The second kappa shape index (κ2) is 5.56. The molecule has 2 rings (SSSR count). The van der Waals surface area contributed by atoms with E-state index in [9.17, 15) is 17.6 Å². The third-order valence-electron chi connectivity index (χ3n) is 2.65. The summed E-state index contributed by atoms with van der Waals surface area (Å²) in [7, 11) is 0. The second-order valence-electron chi connectivity index (χ2n) is 4.23. The van der Waals surface area contributed by atoms with Crippen molar-refractivity contribution in [2.45, 2.75) is 25.3 Å². The van der Waals surface area contributed by atoms with Crippen molar-refractivity contribution in [2.75, 3.05) is 13.2 Å². The van der Waals surface area contributed by atoms with E-state index < -0.39 is 29.0 Å². The van der Waals surface area contributed by atoms with E-state index in [0.717, 1.165) is 12.8 Å². The minimum Gasteiger partial charge on any atom is -0.487 e. The van der Waals surface area contributed by atoms with E-state index >= 15 is 0 Å². The molecule has 2 nitrogen and oxygen atoms in total. The summed E-state index contributed by atoms with van der Waals surface area (Å²) in [5.74, 6) is -6.90. The average molecular weight is 263 g/mol. The van der Waals surface area contributed by atoms with E-state index in [4.69, 9.17) is 4.74 Å². The summed E-state index contributed by atoms with van der Waals surface area (Å²) < 4.78 is 56.8. The van der Waals surface area contributed by atoms with Gasteiger partial charge in [0.15, 0.2) is 17.4 Å². The summed E-state index contributed by atoms with van der Waals surface area (Å²) in [5, 5.41) is 3.18. The van der Waals surface area contributed by atoms with Crippen LogP contribution in [0.2, 0.25) is 0 Å². The summed E-state index contributed by atoms with van der Waals surface area (Å²) in [5.41, 5.74) is 0. The third kappa shape index (κ3) is 3.13. The molecule has 100 valence electrons. The molecule has 18 heavy (non-hydrogen) atoms. The molecule has 6 heteroatoms. The van der Waals surface area contributed by atoms with Crippen molar-refractivity contribution in [3.8, 4) is 5.75 Å². The van der Waals surface area contributed by atoms with Crippen LogP contribution in [0.4, 0.5) is 17.6 Å². The van der Waals surface area contributed by atoms with E-state index in [2.05, 4.69) is 5.32 Å². The zero-order valence-corrected chi connectivity index (χ0v) is 9.61. The first-order valence-electron chi connectivity index (χ1n) is 5.78. The molecule has 1 aliphatic carbocycles. The molecule has 0 amide bonds. The van der Waals surface area contributed by atoms with Gasteiger partial charge in [0.05, 0.1) is 6.61 Å². The smallest absolute Gasteiger partial charge is 0.203 e. The predicted molar refractivity (Wildman–Crippen MR) is 57.4 cm³/mol. The van der Waals surface area contributed by atoms with Gasteiger partial charge in [0.25, 0.3) is 0 Å². The van der Waals surface area contributed by atoms with Crippen molar-refractivity contribution in [3.05, 3.63) is 29.3 Å². The fourth-order valence-electron chi connectivity index (χ4n) is 1.52. The van der Waals surface area contributed by atoms with Gasteiger partial charge >= 0.3 is 0 Å². The Kier molecular flexibility index (Phi) is 4.06. The molecule has 0 saturated heterocycles. The minimum atomic E-state index is -1.50. The monoisotopic (exact) mass is 263 g/mol. The largest absolute Gasteiger partial charge is 0.487 e. The van der Waals surface area contributed by atoms with E-state index in [1.165, 1.54) is 0 Å². The molecule has 0 unspecified atom stereocenters. The molecule has 0 radical (unpaired) electrons. The van der Waals surface area contributed by atoms with Crippen molar-refractivity contribution in [1.82, 2.24) is 5.32 Å². The van der Waals surface area contributed by atoms with Gasteiger partial charge in [0.2, 0.25) is 11.6 Å². The fourth-order valence-corrected chi connectivity index (χ4v) is 1.52. The van der Waals surface area contributed by atoms with E-state index in [0.29, 0.717) is 19.0 Å². The maximum Gasteiger partial charge on any atom is 0.203 e. The van der Waals surface area contributed by atoms with Gasteiger partial charge in [0.1, 0.15) is 0 Å². The van der Waals surface area contributed by atoms with Gasteiger partial charge in [-0.3, -0.25) is 0 Å². The summed E-state index contributed by atoms with van der Waals surface area (Å²) in [6, 6.07) is 0.691. The standard InChI is InChI=1S/C12H13F4NO/c13-8-6-9(14)11(16)12(10(8)15)18-5-1-4-17-7-2-3-7/h6-7,17H,1-5H2. The zero-order valence-electron chi connectivity index (χ0n) is 9.61. The van der Waals surface area contributed by atoms with Crippen molar-refractivity contribution in [3.63, 3.8) is 0 Å². The first-order chi connectivity index (χ1) is 8.59. The molecule has 1 N–H and O–H groups in total.